The molecule has 118 valence electrons. The lowest BCUT2D eigenvalue weighted by Crippen LogP contribution is -2.46. The zero-order chi connectivity index (χ0) is 15.8. The zero-order valence-electron chi connectivity index (χ0n) is 13.8. The van der Waals surface area contributed by atoms with Gasteiger partial charge in [-0.3, -0.25) is 10.1 Å². The van der Waals surface area contributed by atoms with Crippen LogP contribution >= 0.6 is 0 Å². The van der Waals surface area contributed by atoms with Gasteiger partial charge in [0.15, 0.2) is 0 Å². The van der Waals surface area contributed by atoms with Crippen LogP contribution in [0.2, 0.25) is 0 Å². The van der Waals surface area contributed by atoms with Crippen LogP contribution in [0.1, 0.15) is 52.1 Å². The fraction of sp³-hybridized carbons (Fsp3) is 0.588. The molecule has 1 amide bonds. The Kier molecular flexibility index (Phi) is 7.23. The van der Waals surface area contributed by atoms with Gasteiger partial charge in [0.2, 0.25) is 5.91 Å². The number of carbonyl (C=O) groups is 1. The Morgan fingerprint density at radius 2 is 1.81 bits per heavy atom. The van der Waals surface area contributed by atoms with Crippen molar-refractivity contribution >= 4 is 5.91 Å². The largest absolute Gasteiger partial charge is 0.496 e. The van der Waals surface area contributed by atoms with E-state index in [2.05, 4.69) is 24.5 Å². The van der Waals surface area contributed by atoms with E-state index in [9.17, 15) is 4.79 Å². The van der Waals surface area contributed by atoms with Crippen LogP contribution < -0.4 is 15.4 Å². The van der Waals surface area contributed by atoms with Crippen LogP contribution in [0, 0.1) is 0 Å². The predicted molar refractivity (Wildman–Crippen MR) is 86.5 cm³/mol. The lowest BCUT2D eigenvalue weighted by atomic mass is 10.1. The van der Waals surface area contributed by atoms with Crippen LogP contribution in [0.5, 0.6) is 5.75 Å². The second kappa shape index (κ2) is 8.67. The molecule has 0 spiro atoms. The summed E-state index contributed by atoms with van der Waals surface area (Å²) in [7, 11) is 1.66. The van der Waals surface area contributed by atoms with Crippen LogP contribution in [-0.4, -0.2) is 25.1 Å². The first-order valence-corrected chi connectivity index (χ1v) is 7.72. The highest BCUT2D eigenvalue weighted by atomic mass is 16.5. The molecule has 0 aliphatic carbocycles. The molecule has 1 unspecified atom stereocenters. The van der Waals surface area contributed by atoms with Crippen LogP contribution in [-0.2, 0) is 4.79 Å². The highest BCUT2D eigenvalue weighted by Crippen LogP contribution is 2.24. The lowest BCUT2D eigenvalue weighted by molar-refractivity contribution is -0.123. The van der Waals surface area contributed by atoms with Crippen molar-refractivity contribution in [3.8, 4) is 5.75 Å². The van der Waals surface area contributed by atoms with Crippen LogP contribution in [0.25, 0.3) is 0 Å². The van der Waals surface area contributed by atoms with Gasteiger partial charge in [-0.1, -0.05) is 32.0 Å². The molecule has 0 saturated heterocycles. The fourth-order valence-electron chi connectivity index (χ4n) is 2.38. The molecule has 1 rings (SSSR count). The molecule has 0 aromatic heterocycles. The maximum atomic E-state index is 12.2. The van der Waals surface area contributed by atoms with Crippen molar-refractivity contribution < 1.29 is 9.53 Å². The number of nitrogens with one attached hydrogen (secondary N) is 2. The van der Waals surface area contributed by atoms with Gasteiger partial charge in [0.05, 0.1) is 13.2 Å². The second-order valence-corrected chi connectivity index (χ2v) is 5.37. The molecule has 0 aliphatic rings. The second-order valence-electron chi connectivity index (χ2n) is 5.37. The van der Waals surface area contributed by atoms with Gasteiger partial charge in [0, 0.05) is 17.6 Å². The van der Waals surface area contributed by atoms with E-state index in [1.807, 2.05) is 38.1 Å². The van der Waals surface area contributed by atoms with Crippen molar-refractivity contribution in [1.82, 2.24) is 10.6 Å². The van der Waals surface area contributed by atoms with Crippen LogP contribution in [0.3, 0.4) is 0 Å². The minimum Gasteiger partial charge on any atom is -0.496 e. The van der Waals surface area contributed by atoms with E-state index in [0.29, 0.717) is 0 Å². The smallest absolute Gasteiger partial charge is 0.237 e. The maximum Gasteiger partial charge on any atom is 0.237 e. The normalized spacial score (nSPS) is 13.8. The van der Waals surface area contributed by atoms with E-state index in [1.54, 1.807) is 7.11 Å². The molecule has 0 fully saturated rings. The van der Waals surface area contributed by atoms with Crippen LogP contribution in [0.4, 0.5) is 0 Å². The van der Waals surface area contributed by atoms with Gasteiger partial charge in [-0.05, 0) is 32.8 Å². The van der Waals surface area contributed by atoms with Gasteiger partial charge in [0.1, 0.15) is 5.75 Å². The summed E-state index contributed by atoms with van der Waals surface area (Å²) >= 11 is 0. The van der Waals surface area contributed by atoms with E-state index in [0.717, 1.165) is 24.2 Å². The van der Waals surface area contributed by atoms with Crippen molar-refractivity contribution in [2.24, 2.45) is 0 Å². The summed E-state index contributed by atoms with van der Waals surface area (Å²) in [4.78, 5) is 12.2. The number of amides is 1. The molecule has 4 heteroatoms. The molecule has 0 aliphatic heterocycles. The van der Waals surface area contributed by atoms with E-state index in [-0.39, 0.29) is 24.0 Å². The maximum absolute atomic E-state index is 12.2. The Bertz CT molecular complexity index is 444. The number of carbonyl (C=O) groups excluding carboxylic acids is 1. The number of benzene rings is 1. The number of hydrogen-bond acceptors (Lipinski definition) is 3. The molecule has 2 N–H and O–H groups in total. The molecule has 4 nitrogen and oxygen atoms in total. The summed E-state index contributed by atoms with van der Waals surface area (Å²) in [6.07, 6.45) is 1.91. The lowest BCUT2D eigenvalue weighted by Gasteiger charge is -2.23. The SMILES string of the molecule is CCC(CC)NC(=O)C(C)N[C@@H](C)c1ccccc1OC. The first kappa shape index (κ1) is 17.5. The number of methoxy groups -OCH3 is 1. The van der Waals surface area contributed by atoms with E-state index in [1.165, 1.54) is 0 Å². The molecule has 0 saturated carbocycles. The third-order valence-electron chi connectivity index (χ3n) is 3.83. The summed E-state index contributed by atoms with van der Waals surface area (Å²) in [5, 5.41) is 6.40. The molecule has 0 heterocycles. The monoisotopic (exact) mass is 292 g/mol. The Morgan fingerprint density at radius 1 is 1.19 bits per heavy atom. The topological polar surface area (TPSA) is 50.4 Å². The average Bonchev–Trinajstić information content (AvgIpc) is 2.51. The molecule has 1 aromatic rings. The summed E-state index contributed by atoms with van der Waals surface area (Å²) in [5.41, 5.74) is 1.06. The molecule has 2 atom stereocenters. The zero-order valence-corrected chi connectivity index (χ0v) is 13.8. The van der Waals surface area contributed by atoms with E-state index in [4.69, 9.17) is 4.74 Å². The summed E-state index contributed by atoms with van der Waals surface area (Å²) < 4.78 is 5.37. The number of hydrogen-bond donors (Lipinski definition) is 2. The highest BCUT2D eigenvalue weighted by Gasteiger charge is 2.19. The van der Waals surface area contributed by atoms with E-state index >= 15 is 0 Å². The third-order valence-corrected chi connectivity index (χ3v) is 3.83. The quantitative estimate of drug-likeness (QED) is 0.774. The van der Waals surface area contributed by atoms with Gasteiger partial charge < -0.3 is 10.1 Å². The summed E-state index contributed by atoms with van der Waals surface area (Å²) in [6.45, 7) is 8.11. The van der Waals surface area contributed by atoms with Crippen molar-refractivity contribution in [1.29, 1.82) is 0 Å². The third kappa shape index (κ3) is 5.05. The van der Waals surface area contributed by atoms with Crippen molar-refractivity contribution in [3.05, 3.63) is 29.8 Å². The van der Waals surface area contributed by atoms with Gasteiger partial charge in [-0.25, -0.2) is 0 Å². The average molecular weight is 292 g/mol. The molecule has 21 heavy (non-hydrogen) atoms. The van der Waals surface area contributed by atoms with E-state index < -0.39 is 0 Å². The van der Waals surface area contributed by atoms with Crippen molar-refractivity contribution in [2.75, 3.05) is 7.11 Å². The number of rotatable bonds is 8. The molecular weight excluding hydrogens is 264 g/mol. The van der Waals surface area contributed by atoms with Crippen molar-refractivity contribution in [3.63, 3.8) is 0 Å². The summed E-state index contributed by atoms with van der Waals surface area (Å²) in [6, 6.07) is 7.92. The predicted octanol–water partition coefficient (Wildman–Crippen LogP) is 3.04. The Morgan fingerprint density at radius 3 is 2.38 bits per heavy atom. The minimum atomic E-state index is -0.245. The van der Waals surface area contributed by atoms with Gasteiger partial charge in [0.25, 0.3) is 0 Å². The van der Waals surface area contributed by atoms with Gasteiger partial charge in [-0.2, -0.15) is 0 Å². The minimum absolute atomic E-state index is 0.0450. The fourth-order valence-corrected chi connectivity index (χ4v) is 2.38. The first-order valence-electron chi connectivity index (χ1n) is 7.72. The molecule has 0 radical (unpaired) electrons. The molecular formula is C17H28N2O2. The number of para-hydroxylation sites is 1. The molecule has 1 aromatic carbocycles. The Labute approximate surface area is 128 Å². The first-order chi connectivity index (χ1) is 10.0. The highest BCUT2D eigenvalue weighted by molar-refractivity contribution is 5.81. The van der Waals surface area contributed by atoms with Crippen molar-refractivity contribution in [2.45, 2.75) is 58.7 Å². The Balaban J connectivity index is 2.65. The van der Waals surface area contributed by atoms with Gasteiger partial charge in [-0.15, -0.1) is 0 Å². The standard InChI is InChI=1S/C17H28N2O2/c1-6-14(7-2)19-17(20)13(4)18-12(3)15-10-8-9-11-16(15)21-5/h8-14,18H,6-7H2,1-5H3,(H,19,20)/t12-,13?/m0/s1. The summed E-state index contributed by atoms with van der Waals surface area (Å²) in [5.74, 6) is 0.885. The van der Waals surface area contributed by atoms with Crippen LogP contribution in [0.15, 0.2) is 24.3 Å². The number of ether oxygens (including phenoxy) is 1. The van der Waals surface area contributed by atoms with Gasteiger partial charge >= 0.3 is 0 Å². The Hall–Kier alpha value is -1.55. The molecule has 0 bridgehead atoms.